The number of carbonyl (C=O) groups is 1. The summed E-state index contributed by atoms with van der Waals surface area (Å²) in [7, 11) is 0. The summed E-state index contributed by atoms with van der Waals surface area (Å²) in [6.07, 6.45) is 7.92. The van der Waals surface area contributed by atoms with E-state index in [4.69, 9.17) is 0 Å². The predicted molar refractivity (Wildman–Crippen MR) is 93.9 cm³/mol. The Morgan fingerprint density at radius 1 is 1.16 bits per heavy atom. The fourth-order valence-corrected chi connectivity index (χ4v) is 3.19. The standard InChI is InChI=1S/C19H19N5O/c1-11-2-3-13(19(25)23-14-6-7-14)8-15(11)24-10-22-17-16(12-4-5-12)20-9-21-18(17)24/h2-3,8-10,12,14H,4-7H2,1H3,(H,23,25). The van der Waals surface area contributed by atoms with Crippen LogP contribution in [0, 0.1) is 6.92 Å². The number of benzene rings is 1. The van der Waals surface area contributed by atoms with Gasteiger partial charge in [0.1, 0.15) is 18.2 Å². The second kappa shape index (κ2) is 5.37. The molecule has 2 heterocycles. The smallest absolute Gasteiger partial charge is 0.251 e. The predicted octanol–water partition coefficient (Wildman–Crippen LogP) is 2.89. The van der Waals surface area contributed by atoms with Crippen LogP contribution in [0.5, 0.6) is 0 Å². The Labute approximate surface area is 145 Å². The summed E-state index contributed by atoms with van der Waals surface area (Å²) in [5.41, 5.74) is 5.41. The highest BCUT2D eigenvalue weighted by atomic mass is 16.1. The van der Waals surface area contributed by atoms with Gasteiger partial charge in [0.2, 0.25) is 0 Å². The number of imidazole rings is 1. The highest BCUT2D eigenvalue weighted by Gasteiger charge is 2.29. The van der Waals surface area contributed by atoms with E-state index >= 15 is 0 Å². The molecular weight excluding hydrogens is 314 g/mol. The Balaban J connectivity index is 1.59. The lowest BCUT2D eigenvalue weighted by Gasteiger charge is -2.11. The SMILES string of the molecule is Cc1ccc(C(=O)NC2CC2)cc1-n1cnc2c(C3CC3)ncnc21. The molecule has 6 heteroatoms. The number of nitrogens with one attached hydrogen (secondary N) is 1. The van der Waals surface area contributed by atoms with E-state index in [1.54, 1.807) is 12.7 Å². The van der Waals surface area contributed by atoms with E-state index in [9.17, 15) is 4.79 Å². The summed E-state index contributed by atoms with van der Waals surface area (Å²) >= 11 is 0. The second-order valence-electron chi connectivity index (χ2n) is 7.07. The number of aryl methyl sites for hydroxylation is 1. The topological polar surface area (TPSA) is 72.7 Å². The molecule has 6 nitrogen and oxygen atoms in total. The molecule has 0 bridgehead atoms. The molecule has 2 aliphatic rings. The number of rotatable bonds is 4. The van der Waals surface area contributed by atoms with Gasteiger partial charge in [0.15, 0.2) is 5.65 Å². The average molecular weight is 333 g/mol. The van der Waals surface area contributed by atoms with Crippen LogP contribution in [0.4, 0.5) is 0 Å². The van der Waals surface area contributed by atoms with Crippen LogP contribution < -0.4 is 5.32 Å². The molecule has 2 fully saturated rings. The zero-order valence-corrected chi connectivity index (χ0v) is 14.1. The number of hydrogen-bond donors (Lipinski definition) is 1. The van der Waals surface area contributed by atoms with Crippen molar-refractivity contribution in [2.24, 2.45) is 0 Å². The average Bonchev–Trinajstić information content (AvgIpc) is 3.54. The highest BCUT2D eigenvalue weighted by Crippen LogP contribution is 2.41. The normalized spacial score (nSPS) is 17.0. The van der Waals surface area contributed by atoms with Crippen LogP contribution >= 0.6 is 0 Å². The molecule has 0 aliphatic heterocycles. The summed E-state index contributed by atoms with van der Waals surface area (Å²) in [5.74, 6) is 0.507. The van der Waals surface area contributed by atoms with Crippen molar-refractivity contribution in [3.05, 3.63) is 47.7 Å². The van der Waals surface area contributed by atoms with Gasteiger partial charge in [0.05, 0.1) is 11.4 Å². The van der Waals surface area contributed by atoms with Gasteiger partial charge in [-0.2, -0.15) is 0 Å². The van der Waals surface area contributed by atoms with Crippen LogP contribution in [0.2, 0.25) is 0 Å². The van der Waals surface area contributed by atoms with Gasteiger partial charge in [-0.15, -0.1) is 0 Å². The van der Waals surface area contributed by atoms with E-state index in [0.29, 0.717) is 17.5 Å². The Morgan fingerprint density at radius 3 is 2.76 bits per heavy atom. The maximum Gasteiger partial charge on any atom is 0.251 e. The molecule has 1 amide bonds. The molecule has 0 unspecified atom stereocenters. The fraction of sp³-hybridized carbons (Fsp3) is 0.368. The van der Waals surface area contributed by atoms with Gasteiger partial charge < -0.3 is 5.32 Å². The fourth-order valence-electron chi connectivity index (χ4n) is 3.19. The van der Waals surface area contributed by atoms with Crippen molar-refractivity contribution in [2.75, 3.05) is 0 Å². The Morgan fingerprint density at radius 2 is 2.00 bits per heavy atom. The van der Waals surface area contributed by atoms with Crippen molar-refractivity contribution in [1.82, 2.24) is 24.8 Å². The maximum absolute atomic E-state index is 12.4. The van der Waals surface area contributed by atoms with E-state index in [1.165, 1.54) is 12.8 Å². The van der Waals surface area contributed by atoms with Gasteiger partial charge in [0, 0.05) is 17.5 Å². The molecular formula is C19H19N5O. The van der Waals surface area contributed by atoms with Crippen molar-refractivity contribution in [2.45, 2.75) is 44.6 Å². The number of hydrogen-bond acceptors (Lipinski definition) is 4. The zero-order valence-electron chi connectivity index (χ0n) is 14.1. The molecule has 2 saturated carbocycles. The van der Waals surface area contributed by atoms with E-state index in [2.05, 4.69) is 20.3 Å². The Hall–Kier alpha value is -2.76. The van der Waals surface area contributed by atoms with Crippen LogP contribution in [0.3, 0.4) is 0 Å². The number of fused-ring (bicyclic) bond motifs is 1. The molecule has 1 N–H and O–H groups in total. The van der Waals surface area contributed by atoms with Crippen LogP contribution in [0.25, 0.3) is 16.9 Å². The third-order valence-corrected chi connectivity index (χ3v) is 4.97. The van der Waals surface area contributed by atoms with E-state index in [-0.39, 0.29) is 5.91 Å². The number of nitrogens with zero attached hydrogens (tertiary/aromatic N) is 4. The molecule has 0 spiro atoms. The van der Waals surface area contributed by atoms with Crippen molar-refractivity contribution in [3.8, 4) is 5.69 Å². The first-order chi connectivity index (χ1) is 12.2. The molecule has 126 valence electrons. The third kappa shape index (κ3) is 2.58. The van der Waals surface area contributed by atoms with Crippen molar-refractivity contribution in [3.63, 3.8) is 0 Å². The zero-order chi connectivity index (χ0) is 17.0. The van der Waals surface area contributed by atoms with E-state index < -0.39 is 0 Å². The molecule has 0 atom stereocenters. The molecule has 2 aromatic heterocycles. The lowest BCUT2D eigenvalue weighted by atomic mass is 10.1. The van der Waals surface area contributed by atoms with Gasteiger partial charge in [-0.1, -0.05) is 6.07 Å². The summed E-state index contributed by atoms with van der Waals surface area (Å²) < 4.78 is 1.96. The van der Waals surface area contributed by atoms with Gasteiger partial charge >= 0.3 is 0 Å². The summed E-state index contributed by atoms with van der Waals surface area (Å²) in [4.78, 5) is 25.8. The quantitative estimate of drug-likeness (QED) is 0.797. The van der Waals surface area contributed by atoms with E-state index in [1.807, 2.05) is 29.7 Å². The Kier molecular flexibility index (Phi) is 3.13. The largest absolute Gasteiger partial charge is 0.349 e. The number of carbonyl (C=O) groups excluding carboxylic acids is 1. The molecule has 5 rings (SSSR count). The minimum Gasteiger partial charge on any atom is -0.349 e. The van der Waals surface area contributed by atoms with Gasteiger partial charge in [-0.3, -0.25) is 9.36 Å². The highest BCUT2D eigenvalue weighted by molar-refractivity contribution is 5.95. The van der Waals surface area contributed by atoms with Crippen LogP contribution in [0.1, 0.15) is 53.2 Å². The van der Waals surface area contributed by atoms with E-state index in [0.717, 1.165) is 41.0 Å². The number of amides is 1. The van der Waals surface area contributed by atoms with Crippen LogP contribution in [-0.2, 0) is 0 Å². The minimum absolute atomic E-state index is 0.0125. The summed E-state index contributed by atoms with van der Waals surface area (Å²) in [6, 6.07) is 6.12. The minimum atomic E-state index is -0.0125. The summed E-state index contributed by atoms with van der Waals surface area (Å²) in [6.45, 7) is 2.03. The van der Waals surface area contributed by atoms with Gasteiger partial charge in [0.25, 0.3) is 5.91 Å². The molecule has 25 heavy (non-hydrogen) atoms. The first-order valence-corrected chi connectivity index (χ1v) is 8.80. The third-order valence-electron chi connectivity index (χ3n) is 4.97. The molecule has 3 aromatic rings. The summed E-state index contributed by atoms with van der Waals surface area (Å²) in [5, 5.41) is 3.04. The monoisotopic (exact) mass is 333 g/mol. The lowest BCUT2D eigenvalue weighted by molar-refractivity contribution is 0.0951. The van der Waals surface area contributed by atoms with Crippen molar-refractivity contribution < 1.29 is 4.79 Å². The van der Waals surface area contributed by atoms with Crippen LogP contribution in [0.15, 0.2) is 30.9 Å². The van der Waals surface area contributed by atoms with Gasteiger partial charge in [-0.25, -0.2) is 15.0 Å². The molecule has 2 aliphatic carbocycles. The first kappa shape index (κ1) is 14.6. The molecule has 0 saturated heterocycles. The van der Waals surface area contributed by atoms with Crippen LogP contribution in [-0.4, -0.2) is 31.5 Å². The van der Waals surface area contributed by atoms with Gasteiger partial charge in [-0.05, 0) is 50.3 Å². The first-order valence-electron chi connectivity index (χ1n) is 8.80. The molecule has 0 radical (unpaired) electrons. The molecule has 1 aromatic carbocycles. The lowest BCUT2D eigenvalue weighted by Crippen LogP contribution is -2.25. The van der Waals surface area contributed by atoms with Crippen molar-refractivity contribution in [1.29, 1.82) is 0 Å². The Bertz CT molecular complexity index is 985. The maximum atomic E-state index is 12.4. The van der Waals surface area contributed by atoms with Crippen molar-refractivity contribution >= 4 is 17.1 Å². The number of aromatic nitrogens is 4. The second-order valence-corrected chi connectivity index (χ2v) is 7.07.